The molecule has 0 radical (unpaired) electrons. The zero-order valence-corrected chi connectivity index (χ0v) is 18.3. The van der Waals surface area contributed by atoms with Gasteiger partial charge in [-0.3, -0.25) is 0 Å². The lowest BCUT2D eigenvalue weighted by Gasteiger charge is -2.30. The number of aromatic nitrogens is 1. The molecule has 5 nitrogen and oxygen atoms in total. The summed E-state index contributed by atoms with van der Waals surface area (Å²) in [7, 11) is 0. The molecule has 0 saturated heterocycles. The summed E-state index contributed by atoms with van der Waals surface area (Å²) in [6.07, 6.45) is 11.2. The van der Waals surface area contributed by atoms with E-state index in [4.69, 9.17) is 5.11 Å². The van der Waals surface area contributed by atoms with Crippen LogP contribution < -0.4 is 10.6 Å². The van der Waals surface area contributed by atoms with E-state index in [-0.39, 0.29) is 5.69 Å². The van der Waals surface area contributed by atoms with Crippen molar-refractivity contribution in [2.45, 2.75) is 70.1 Å². The molecule has 2 aliphatic carbocycles. The van der Waals surface area contributed by atoms with Crippen LogP contribution >= 0.6 is 0 Å². The number of rotatable bonds is 9. The summed E-state index contributed by atoms with van der Waals surface area (Å²) in [6.45, 7) is 3.01. The fraction of sp³-hybridized carbons (Fsp3) is 0.462. The van der Waals surface area contributed by atoms with Crippen molar-refractivity contribution in [2.75, 3.05) is 0 Å². The molecule has 5 heteroatoms. The van der Waals surface area contributed by atoms with Gasteiger partial charge in [-0.25, -0.2) is 9.78 Å². The van der Waals surface area contributed by atoms with Crippen LogP contribution in [-0.2, 0) is 6.54 Å². The van der Waals surface area contributed by atoms with Crippen molar-refractivity contribution in [1.29, 1.82) is 0 Å². The van der Waals surface area contributed by atoms with E-state index < -0.39 is 5.97 Å². The van der Waals surface area contributed by atoms with E-state index in [1.165, 1.54) is 37.7 Å². The lowest BCUT2D eigenvalue weighted by molar-refractivity contribution is 0.0690. The molecule has 2 atom stereocenters. The van der Waals surface area contributed by atoms with Crippen molar-refractivity contribution in [3.8, 4) is 0 Å². The highest BCUT2D eigenvalue weighted by Crippen LogP contribution is 2.40. The quantitative estimate of drug-likeness (QED) is 0.552. The molecule has 164 valence electrons. The van der Waals surface area contributed by atoms with E-state index in [1.54, 1.807) is 17.8 Å². The SMILES string of the molecule is CC/C(=C\c1ccccc1)[C@@H]1C[C@H]1NC1CCC(NCc2ccc(C(=O)O)nc2)CC1. The van der Waals surface area contributed by atoms with Crippen LogP contribution in [0.2, 0.25) is 0 Å². The fourth-order valence-corrected chi connectivity index (χ4v) is 4.71. The Bertz CT molecular complexity index is 887. The van der Waals surface area contributed by atoms with E-state index in [2.05, 4.69) is 58.9 Å². The Labute approximate surface area is 185 Å². The summed E-state index contributed by atoms with van der Waals surface area (Å²) in [5.41, 5.74) is 4.01. The van der Waals surface area contributed by atoms with E-state index in [0.717, 1.165) is 18.5 Å². The molecule has 2 aliphatic rings. The van der Waals surface area contributed by atoms with Gasteiger partial charge >= 0.3 is 5.97 Å². The second-order valence-electron chi connectivity index (χ2n) is 8.89. The van der Waals surface area contributed by atoms with Gasteiger partial charge in [0.25, 0.3) is 0 Å². The molecule has 4 rings (SSSR count). The molecule has 2 fully saturated rings. The van der Waals surface area contributed by atoms with Gasteiger partial charge in [0.05, 0.1) is 0 Å². The zero-order valence-electron chi connectivity index (χ0n) is 18.3. The van der Waals surface area contributed by atoms with Gasteiger partial charge in [-0.1, -0.05) is 55.0 Å². The van der Waals surface area contributed by atoms with Crippen molar-refractivity contribution in [3.05, 3.63) is 71.1 Å². The molecular formula is C26H33N3O2. The van der Waals surface area contributed by atoms with Crippen molar-refractivity contribution in [3.63, 3.8) is 0 Å². The largest absolute Gasteiger partial charge is 0.477 e. The molecule has 0 amide bonds. The first-order chi connectivity index (χ1) is 15.1. The predicted molar refractivity (Wildman–Crippen MR) is 124 cm³/mol. The lowest BCUT2D eigenvalue weighted by Crippen LogP contribution is -2.40. The van der Waals surface area contributed by atoms with Gasteiger partial charge in [0, 0.05) is 30.9 Å². The molecule has 31 heavy (non-hydrogen) atoms. The van der Waals surface area contributed by atoms with Crippen molar-refractivity contribution in [2.24, 2.45) is 5.92 Å². The number of carboxylic acids is 1. The van der Waals surface area contributed by atoms with Gasteiger partial charge in [0.2, 0.25) is 0 Å². The molecule has 2 saturated carbocycles. The summed E-state index contributed by atoms with van der Waals surface area (Å²) in [5.74, 6) is -0.285. The first-order valence-electron chi connectivity index (χ1n) is 11.6. The molecule has 2 aromatic rings. The smallest absolute Gasteiger partial charge is 0.354 e. The molecule has 0 bridgehead atoms. The van der Waals surface area contributed by atoms with Crippen molar-refractivity contribution in [1.82, 2.24) is 15.6 Å². The van der Waals surface area contributed by atoms with Crippen LogP contribution in [0.25, 0.3) is 6.08 Å². The third kappa shape index (κ3) is 6.02. The van der Waals surface area contributed by atoms with Crippen LogP contribution in [0.4, 0.5) is 0 Å². The maximum Gasteiger partial charge on any atom is 0.354 e. The number of benzene rings is 1. The molecule has 1 heterocycles. The standard InChI is InChI=1S/C26H33N3O2/c1-2-20(14-18-6-4-3-5-7-18)23-15-25(23)29-22-11-9-21(10-12-22)27-16-19-8-13-24(26(30)31)28-17-19/h3-8,13-14,17,21-23,25,27,29H,2,9-12,15-16H2,1H3,(H,30,31)/b20-14+/t21?,22?,23-,25+/m0/s1. The first kappa shape index (κ1) is 21.7. The second kappa shape index (κ2) is 10.2. The number of aromatic carboxylic acids is 1. The van der Waals surface area contributed by atoms with Gasteiger partial charge in [0.15, 0.2) is 0 Å². The van der Waals surface area contributed by atoms with Gasteiger partial charge < -0.3 is 15.7 Å². The summed E-state index contributed by atoms with van der Waals surface area (Å²) in [4.78, 5) is 14.9. The highest BCUT2D eigenvalue weighted by atomic mass is 16.4. The predicted octanol–water partition coefficient (Wildman–Crippen LogP) is 4.65. The number of hydrogen-bond donors (Lipinski definition) is 3. The molecular weight excluding hydrogens is 386 g/mol. The van der Waals surface area contributed by atoms with Crippen molar-refractivity contribution < 1.29 is 9.90 Å². The Morgan fingerprint density at radius 1 is 1.10 bits per heavy atom. The van der Waals surface area contributed by atoms with Crippen LogP contribution in [0.3, 0.4) is 0 Å². The summed E-state index contributed by atoms with van der Waals surface area (Å²) in [5, 5.41) is 16.5. The van der Waals surface area contributed by atoms with Gasteiger partial charge in [-0.05, 0) is 61.6 Å². The minimum atomic E-state index is -0.982. The minimum Gasteiger partial charge on any atom is -0.477 e. The van der Waals surface area contributed by atoms with Crippen molar-refractivity contribution >= 4 is 12.0 Å². The van der Waals surface area contributed by atoms with Crippen LogP contribution in [-0.4, -0.2) is 34.2 Å². The molecule has 3 N–H and O–H groups in total. The van der Waals surface area contributed by atoms with Crippen LogP contribution in [0, 0.1) is 5.92 Å². The van der Waals surface area contributed by atoms with E-state index >= 15 is 0 Å². The Balaban J connectivity index is 1.18. The molecule has 0 spiro atoms. The molecule has 1 aromatic heterocycles. The highest BCUT2D eigenvalue weighted by Gasteiger charge is 2.40. The molecule has 1 aromatic carbocycles. The van der Waals surface area contributed by atoms with Gasteiger partial charge in [-0.15, -0.1) is 0 Å². The number of hydrogen-bond acceptors (Lipinski definition) is 4. The number of nitrogens with one attached hydrogen (secondary N) is 2. The average molecular weight is 420 g/mol. The number of nitrogens with zero attached hydrogens (tertiary/aromatic N) is 1. The Hall–Kier alpha value is -2.50. The number of pyridine rings is 1. The van der Waals surface area contributed by atoms with Gasteiger partial charge in [-0.2, -0.15) is 0 Å². The second-order valence-corrected chi connectivity index (χ2v) is 8.89. The maximum absolute atomic E-state index is 10.9. The topological polar surface area (TPSA) is 74.2 Å². The lowest BCUT2D eigenvalue weighted by atomic mass is 9.91. The average Bonchev–Trinajstić information content (AvgIpc) is 3.56. The minimum absolute atomic E-state index is 0.0959. The zero-order chi connectivity index (χ0) is 21.6. The summed E-state index contributed by atoms with van der Waals surface area (Å²) in [6, 6.07) is 15.9. The van der Waals surface area contributed by atoms with E-state index in [1.807, 2.05) is 6.07 Å². The van der Waals surface area contributed by atoms with E-state index in [0.29, 0.717) is 24.0 Å². The Kier molecular flexibility index (Phi) is 7.15. The summed E-state index contributed by atoms with van der Waals surface area (Å²) >= 11 is 0. The molecule has 0 aliphatic heterocycles. The molecule has 0 unspecified atom stereocenters. The summed E-state index contributed by atoms with van der Waals surface area (Å²) < 4.78 is 0. The number of carboxylic acid groups (broad SMARTS) is 1. The monoisotopic (exact) mass is 419 g/mol. The third-order valence-corrected chi connectivity index (χ3v) is 6.64. The van der Waals surface area contributed by atoms with Crippen LogP contribution in [0.5, 0.6) is 0 Å². The number of carbonyl (C=O) groups is 1. The van der Waals surface area contributed by atoms with E-state index in [9.17, 15) is 4.79 Å². The van der Waals surface area contributed by atoms with Crippen LogP contribution in [0.1, 0.15) is 67.1 Å². The fourth-order valence-electron chi connectivity index (χ4n) is 4.71. The normalized spacial score (nSPS) is 25.9. The third-order valence-electron chi connectivity index (χ3n) is 6.64. The highest BCUT2D eigenvalue weighted by molar-refractivity contribution is 5.85. The maximum atomic E-state index is 10.9. The Morgan fingerprint density at radius 3 is 2.48 bits per heavy atom. The van der Waals surface area contributed by atoms with Gasteiger partial charge in [0.1, 0.15) is 5.69 Å². The Morgan fingerprint density at radius 2 is 1.84 bits per heavy atom. The van der Waals surface area contributed by atoms with Crippen LogP contribution in [0.15, 0.2) is 54.2 Å². The first-order valence-corrected chi connectivity index (χ1v) is 11.6.